The second-order valence-corrected chi connectivity index (χ2v) is 17.7. The van der Waals surface area contributed by atoms with E-state index in [1.54, 1.807) is 0 Å². The molecule has 0 radical (unpaired) electrons. The second kappa shape index (κ2) is 15.7. The maximum atomic E-state index is 5.11. The fourth-order valence-electron chi connectivity index (χ4n) is 10.1. The third-order valence-electron chi connectivity index (χ3n) is 13.3. The van der Waals surface area contributed by atoms with E-state index >= 15 is 0 Å². The van der Waals surface area contributed by atoms with Crippen LogP contribution in [0.1, 0.15) is 22.3 Å². The van der Waals surface area contributed by atoms with Gasteiger partial charge in [-0.3, -0.25) is 0 Å². The van der Waals surface area contributed by atoms with Crippen molar-refractivity contribution in [1.82, 2.24) is 19.1 Å². The van der Waals surface area contributed by atoms with Crippen LogP contribution in [0.25, 0.3) is 111 Å². The van der Waals surface area contributed by atoms with Crippen molar-refractivity contribution in [1.29, 1.82) is 0 Å². The molecule has 0 aliphatic heterocycles. The van der Waals surface area contributed by atoms with Crippen LogP contribution in [0, 0.1) is 27.7 Å². The molecule has 0 saturated carbocycles. The van der Waals surface area contributed by atoms with Gasteiger partial charge in [0, 0.05) is 49.6 Å². The van der Waals surface area contributed by atoms with Gasteiger partial charge < -0.3 is 9.13 Å². The van der Waals surface area contributed by atoms with Crippen LogP contribution in [0.4, 0.5) is 0 Å². The van der Waals surface area contributed by atoms with E-state index in [4.69, 9.17) is 9.97 Å². The van der Waals surface area contributed by atoms with Crippen LogP contribution in [-0.4, -0.2) is 19.1 Å². The number of fused-ring (bicyclic) bond motifs is 6. The first-order valence-corrected chi connectivity index (χ1v) is 22.7. The summed E-state index contributed by atoms with van der Waals surface area (Å²) in [6.45, 7) is 8.67. The molecule has 0 aliphatic carbocycles. The molecule has 3 heterocycles. The number of hydrogen-bond acceptors (Lipinski definition) is 2. The van der Waals surface area contributed by atoms with Crippen molar-refractivity contribution in [2.75, 3.05) is 0 Å². The summed E-state index contributed by atoms with van der Waals surface area (Å²) in [5.74, 6) is 0.729. The molecule has 0 spiro atoms. The number of aromatic nitrogens is 4. The highest BCUT2D eigenvalue weighted by Gasteiger charge is 2.18. The number of aryl methyl sites for hydroxylation is 4. The van der Waals surface area contributed by atoms with E-state index in [1.165, 1.54) is 88.1 Å². The van der Waals surface area contributed by atoms with Crippen molar-refractivity contribution in [3.05, 3.63) is 229 Å². The Morgan fingerprint density at radius 3 is 1.32 bits per heavy atom. The predicted octanol–water partition coefficient (Wildman–Crippen LogP) is 16.2. The molecule has 9 aromatic carbocycles. The Morgan fingerprint density at radius 2 is 0.742 bits per heavy atom. The van der Waals surface area contributed by atoms with Gasteiger partial charge in [-0.1, -0.05) is 151 Å². The standard InChI is InChI=1S/C62H46N4/c1-39-13-11-15-46(33-39)57-38-56(63-62(64-57)47-16-12-14-40(2)34-47)45-25-23-43(24-26-45)53-35-42(4)54(36-41(53)3)44-27-29-48(30-28-44)65-60-22-10-7-19-52(60)55-37-49(31-32-61(55)65)66-58-20-8-5-17-50(58)51-18-6-9-21-59(51)66/h5-38H,1-4H3. The van der Waals surface area contributed by atoms with E-state index in [2.05, 4.69) is 243 Å². The maximum absolute atomic E-state index is 5.11. The first kappa shape index (κ1) is 39.3. The minimum atomic E-state index is 0.729. The molecule has 0 atom stereocenters. The molecular weight excluding hydrogens is 801 g/mol. The van der Waals surface area contributed by atoms with Crippen molar-refractivity contribution in [3.8, 4) is 67.5 Å². The molecule has 4 heteroatoms. The van der Waals surface area contributed by atoms with Crippen LogP contribution in [0.3, 0.4) is 0 Å². The summed E-state index contributed by atoms with van der Waals surface area (Å²) < 4.78 is 4.81. The van der Waals surface area contributed by atoms with Crippen LogP contribution < -0.4 is 0 Å². The van der Waals surface area contributed by atoms with E-state index in [0.29, 0.717) is 0 Å². The normalized spacial score (nSPS) is 11.6. The molecule has 3 aromatic heterocycles. The molecule has 0 fully saturated rings. The first-order valence-electron chi connectivity index (χ1n) is 22.7. The third-order valence-corrected chi connectivity index (χ3v) is 13.3. The molecule has 12 rings (SSSR count). The quantitative estimate of drug-likeness (QED) is 0.160. The van der Waals surface area contributed by atoms with Crippen molar-refractivity contribution >= 4 is 43.6 Å². The monoisotopic (exact) mass is 846 g/mol. The van der Waals surface area contributed by atoms with Crippen LogP contribution in [0.5, 0.6) is 0 Å². The fraction of sp³-hybridized carbons (Fsp3) is 0.0645. The highest BCUT2D eigenvalue weighted by molar-refractivity contribution is 6.12. The van der Waals surface area contributed by atoms with E-state index in [-0.39, 0.29) is 0 Å². The molecule has 12 aromatic rings. The Kier molecular flexibility index (Phi) is 9.35. The zero-order chi connectivity index (χ0) is 44.5. The van der Waals surface area contributed by atoms with E-state index in [0.717, 1.165) is 45.3 Å². The summed E-state index contributed by atoms with van der Waals surface area (Å²) in [6, 6.07) is 74.8. The van der Waals surface area contributed by atoms with Crippen molar-refractivity contribution in [2.45, 2.75) is 27.7 Å². The molecule has 0 bridgehead atoms. The predicted molar refractivity (Wildman–Crippen MR) is 277 cm³/mol. The molecule has 0 aliphatic rings. The van der Waals surface area contributed by atoms with Crippen molar-refractivity contribution < 1.29 is 0 Å². The fourth-order valence-corrected chi connectivity index (χ4v) is 10.1. The lowest BCUT2D eigenvalue weighted by Gasteiger charge is -2.15. The van der Waals surface area contributed by atoms with Gasteiger partial charge in [0.1, 0.15) is 0 Å². The summed E-state index contributed by atoms with van der Waals surface area (Å²) in [4.78, 5) is 10.2. The van der Waals surface area contributed by atoms with Gasteiger partial charge >= 0.3 is 0 Å². The molecule has 4 nitrogen and oxygen atoms in total. The zero-order valence-corrected chi connectivity index (χ0v) is 37.4. The molecular formula is C62H46N4. The molecule has 0 unspecified atom stereocenters. The van der Waals surface area contributed by atoms with Crippen LogP contribution in [0.2, 0.25) is 0 Å². The Hall–Kier alpha value is -8.34. The van der Waals surface area contributed by atoms with Gasteiger partial charge in [-0.25, -0.2) is 9.97 Å². The smallest absolute Gasteiger partial charge is 0.160 e. The van der Waals surface area contributed by atoms with Crippen LogP contribution in [-0.2, 0) is 0 Å². The summed E-state index contributed by atoms with van der Waals surface area (Å²) in [5, 5.41) is 5.01. The van der Waals surface area contributed by atoms with Gasteiger partial charge in [-0.2, -0.15) is 0 Å². The average Bonchev–Trinajstić information content (AvgIpc) is 3.87. The summed E-state index contributed by atoms with van der Waals surface area (Å²) in [7, 11) is 0. The summed E-state index contributed by atoms with van der Waals surface area (Å²) in [6.07, 6.45) is 0. The van der Waals surface area contributed by atoms with Gasteiger partial charge in [0.05, 0.1) is 33.5 Å². The molecule has 314 valence electrons. The number of para-hydroxylation sites is 3. The number of benzene rings is 9. The van der Waals surface area contributed by atoms with Gasteiger partial charge in [-0.05, 0) is 128 Å². The highest BCUT2D eigenvalue weighted by Crippen LogP contribution is 2.39. The van der Waals surface area contributed by atoms with E-state index < -0.39 is 0 Å². The lowest BCUT2D eigenvalue weighted by molar-refractivity contribution is 1.16. The molecule has 0 N–H and O–H groups in total. The third kappa shape index (κ3) is 6.69. The topological polar surface area (TPSA) is 35.6 Å². The number of rotatable bonds is 7. The van der Waals surface area contributed by atoms with Gasteiger partial charge in [0.2, 0.25) is 0 Å². The minimum Gasteiger partial charge on any atom is -0.309 e. The van der Waals surface area contributed by atoms with E-state index in [9.17, 15) is 0 Å². The molecule has 66 heavy (non-hydrogen) atoms. The van der Waals surface area contributed by atoms with Gasteiger partial charge in [0.25, 0.3) is 0 Å². The SMILES string of the molecule is Cc1cccc(-c2cc(-c3ccc(-c4cc(C)c(-c5ccc(-n6c7ccccc7c7cc(-n8c9ccccc9c9ccccc98)ccc76)cc5)cc4C)cc3)nc(-c3cccc(C)c3)n2)c1. The first-order chi connectivity index (χ1) is 32.3. The number of hydrogen-bond donors (Lipinski definition) is 0. The Balaban J connectivity index is 0.864. The van der Waals surface area contributed by atoms with Crippen molar-refractivity contribution in [3.63, 3.8) is 0 Å². The largest absolute Gasteiger partial charge is 0.309 e. The van der Waals surface area contributed by atoms with Crippen LogP contribution >= 0.6 is 0 Å². The lowest BCUT2D eigenvalue weighted by atomic mass is 9.91. The highest BCUT2D eigenvalue weighted by atomic mass is 15.0. The molecule has 0 amide bonds. The second-order valence-electron chi connectivity index (χ2n) is 17.7. The Morgan fingerprint density at radius 1 is 0.303 bits per heavy atom. The Labute approximate surface area is 384 Å². The van der Waals surface area contributed by atoms with Crippen LogP contribution in [0.15, 0.2) is 206 Å². The molecule has 0 saturated heterocycles. The Bertz CT molecular complexity index is 3730. The zero-order valence-electron chi connectivity index (χ0n) is 37.4. The summed E-state index contributed by atoms with van der Waals surface area (Å²) >= 11 is 0. The van der Waals surface area contributed by atoms with Crippen molar-refractivity contribution in [2.24, 2.45) is 0 Å². The lowest BCUT2D eigenvalue weighted by Crippen LogP contribution is -1.96. The number of nitrogens with zero attached hydrogens (tertiary/aromatic N) is 4. The minimum absolute atomic E-state index is 0.729. The maximum Gasteiger partial charge on any atom is 0.160 e. The van der Waals surface area contributed by atoms with E-state index in [1.807, 2.05) is 0 Å². The van der Waals surface area contributed by atoms with Gasteiger partial charge in [0.15, 0.2) is 5.82 Å². The average molecular weight is 847 g/mol. The van der Waals surface area contributed by atoms with Gasteiger partial charge in [-0.15, -0.1) is 0 Å². The summed E-state index contributed by atoms with van der Waals surface area (Å²) in [5.41, 5.74) is 21.8.